The molecule has 0 aliphatic heterocycles. The highest BCUT2D eigenvalue weighted by Gasteiger charge is 2.16. The Labute approximate surface area is 168 Å². The van der Waals surface area contributed by atoms with E-state index in [4.69, 9.17) is 10.5 Å². The van der Waals surface area contributed by atoms with Crippen molar-refractivity contribution in [3.63, 3.8) is 0 Å². The van der Waals surface area contributed by atoms with Crippen molar-refractivity contribution in [1.82, 2.24) is 9.78 Å². The molecule has 0 aliphatic rings. The first-order valence-electron chi connectivity index (χ1n) is 8.54. The maximum Gasteiger partial charge on any atom is 0.258 e. The second-order valence-electron chi connectivity index (χ2n) is 6.18. The zero-order valence-corrected chi connectivity index (χ0v) is 16.4. The van der Waals surface area contributed by atoms with Crippen LogP contribution in [0.5, 0.6) is 11.5 Å². The van der Waals surface area contributed by atoms with Crippen molar-refractivity contribution in [1.29, 1.82) is 0 Å². The topological polar surface area (TPSA) is 82.2 Å². The molecule has 8 heteroatoms. The van der Waals surface area contributed by atoms with Crippen LogP contribution < -0.4 is 15.8 Å². The van der Waals surface area contributed by atoms with E-state index >= 15 is 0 Å². The Morgan fingerprint density at radius 1 is 1.21 bits per heavy atom. The van der Waals surface area contributed by atoms with Gasteiger partial charge in [-0.25, -0.2) is 4.39 Å². The number of nitrogens with zero attached hydrogens (tertiary/aromatic N) is 2. The molecule has 0 fully saturated rings. The van der Waals surface area contributed by atoms with Crippen molar-refractivity contribution in [3.8, 4) is 11.5 Å². The average Bonchev–Trinajstić information content (AvgIpc) is 2.95. The van der Waals surface area contributed by atoms with E-state index in [9.17, 15) is 9.18 Å². The highest BCUT2D eigenvalue weighted by atomic mass is 35.5. The van der Waals surface area contributed by atoms with Crippen molar-refractivity contribution in [2.45, 2.75) is 13.3 Å². The van der Waals surface area contributed by atoms with E-state index < -0.39 is 11.7 Å². The fourth-order valence-electron chi connectivity index (χ4n) is 2.68. The maximum absolute atomic E-state index is 14.2. The molecule has 3 aromatic rings. The third kappa shape index (κ3) is 5.09. The quantitative estimate of drug-likeness (QED) is 0.654. The molecule has 2 aromatic carbocycles. The molecule has 0 unspecified atom stereocenters. The fraction of sp³-hybridized carbons (Fsp3) is 0.200. The van der Waals surface area contributed by atoms with Gasteiger partial charge in [0.05, 0.1) is 16.9 Å². The molecule has 0 bridgehead atoms. The van der Waals surface area contributed by atoms with Gasteiger partial charge in [0, 0.05) is 13.2 Å². The Morgan fingerprint density at radius 2 is 1.89 bits per heavy atom. The molecule has 0 atom stereocenters. The van der Waals surface area contributed by atoms with Crippen LogP contribution in [0, 0.1) is 12.7 Å². The van der Waals surface area contributed by atoms with Crippen LogP contribution in [0.15, 0.2) is 48.7 Å². The van der Waals surface area contributed by atoms with E-state index in [1.807, 2.05) is 24.3 Å². The first-order valence-corrected chi connectivity index (χ1v) is 8.54. The lowest BCUT2D eigenvalue weighted by Gasteiger charge is -2.10. The Morgan fingerprint density at radius 3 is 2.50 bits per heavy atom. The molecular formula is C20H22ClFN4O2. The molecule has 1 heterocycles. The second-order valence-corrected chi connectivity index (χ2v) is 6.18. The van der Waals surface area contributed by atoms with Gasteiger partial charge in [-0.05, 0) is 55.8 Å². The van der Waals surface area contributed by atoms with E-state index in [1.54, 1.807) is 24.9 Å². The first-order chi connectivity index (χ1) is 13.0. The minimum Gasteiger partial charge on any atom is -0.457 e. The summed E-state index contributed by atoms with van der Waals surface area (Å²) in [5.74, 6) is -0.222. The summed E-state index contributed by atoms with van der Waals surface area (Å²) in [6.07, 6.45) is 2.45. The number of carbonyl (C=O) groups excluding carboxylic acids is 1. The lowest BCUT2D eigenvalue weighted by atomic mass is 10.1. The van der Waals surface area contributed by atoms with Gasteiger partial charge < -0.3 is 15.8 Å². The standard InChI is InChI=1S/C20H21FN4O2.ClH/c1-13-19(12-25(2)24-13)23-20(26)17-11-16(7-8-18(17)21)27-15-5-3-14(4-6-15)9-10-22;/h3-8,11-12H,9-10,22H2,1-2H3,(H,23,26);1H. The molecule has 0 radical (unpaired) electrons. The minimum atomic E-state index is -0.625. The van der Waals surface area contributed by atoms with Crippen LogP contribution in [-0.4, -0.2) is 22.2 Å². The number of amides is 1. The van der Waals surface area contributed by atoms with Crippen LogP contribution in [0.3, 0.4) is 0 Å². The van der Waals surface area contributed by atoms with Crippen molar-refractivity contribution in [2.24, 2.45) is 12.8 Å². The highest BCUT2D eigenvalue weighted by Crippen LogP contribution is 2.25. The summed E-state index contributed by atoms with van der Waals surface area (Å²) in [5.41, 5.74) is 7.72. The van der Waals surface area contributed by atoms with Crippen LogP contribution in [-0.2, 0) is 13.5 Å². The first kappa shape index (κ1) is 21.4. The highest BCUT2D eigenvalue weighted by molar-refractivity contribution is 6.04. The number of nitrogens with two attached hydrogens (primary N) is 1. The zero-order valence-electron chi connectivity index (χ0n) is 15.6. The summed E-state index contributed by atoms with van der Waals surface area (Å²) in [5, 5.41) is 6.82. The van der Waals surface area contributed by atoms with Gasteiger partial charge in [-0.15, -0.1) is 12.4 Å². The average molecular weight is 405 g/mol. The molecular weight excluding hydrogens is 383 g/mol. The van der Waals surface area contributed by atoms with Crippen molar-refractivity contribution in [2.75, 3.05) is 11.9 Å². The van der Waals surface area contributed by atoms with Crippen LogP contribution >= 0.6 is 12.4 Å². The normalized spacial score (nSPS) is 10.3. The molecule has 3 rings (SSSR count). The number of halogens is 2. The predicted molar refractivity (Wildman–Crippen MR) is 109 cm³/mol. The van der Waals surface area contributed by atoms with Crippen LogP contribution in [0.1, 0.15) is 21.6 Å². The summed E-state index contributed by atoms with van der Waals surface area (Å²) < 4.78 is 21.5. The smallest absolute Gasteiger partial charge is 0.258 e. The Bertz CT molecular complexity index is 957. The fourth-order valence-corrected chi connectivity index (χ4v) is 2.68. The molecule has 0 aliphatic carbocycles. The summed E-state index contributed by atoms with van der Waals surface area (Å²) in [6.45, 7) is 2.34. The Kier molecular flexibility index (Phi) is 7.14. The number of benzene rings is 2. The van der Waals surface area contributed by atoms with Crippen LogP contribution in [0.4, 0.5) is 10.1 Å². The van der Waals surface area contributed by atoms with Gasteiger partial charge in [0.25, 0.3) is 5.91 Å². The summed E-state index contributed by atoms with van der Waals surface area (Å²) in [6, 6.07) is 11.5. The van der Waals surface area contributed by atoms with E-state index in [0.717, 1.165) is 12.0 Å². The van der Waals surface area contributed by atoms with Gasteiger partial charge in [0.15, 0.2) is 0 Å². The van der Waals surface area contributed by atoms with Crippen LogP contribution in [0.2, 0.25) is 0 Å². The Balaban J connectivity index is 0.00000280. The Hall–Kier alpha value is -2.90. The number of anilines is 1. The molecule has 0 saturated carbocycles. The molecule has 148 valence electrons. The maximum atomic E-state index is 14.2. The van der Waals surface area contributed by atoms with Gasteiger partial charge in [-0.3, -0.25) is 9.48 Å². The van der Waals surface area contributed by atoms with Crippen molar-refractivity contribution >= 4 is 24.0 Å². The van der Waals surface area contributed by atoms with Crippen molar-refractivity contribution in [3.05, 3.63) is 71.3 Å². The number of aromatic nitrogens is 2. The third-order valence-electron chi connectivity index (χ3n) is 4.04. The number of nitrogens with one attached hydrogen (secondary N) is 1. The number of hydrogen-bond acceptors (Lipinski definition) is 4. The minimum absolute atomic E-state index is 0. The largest absolute Gasteiger partial charge is 0.457 e. The molecule has 1 aromatic heterocycles. The molecule has 1 amide bonds. The van der Waals surface area contributed by atoms with Gasteiger partial charge in [-0.2, -0.15) is 5.10 Å². The third-order valence-corrected chi connectivity index (χ3v) is 4.04. The number of ether oxygens (including phenoxy) is 1. The molecule has 0 spiro atoms. The van der Waals surface area contributed by atoms with E-state index in [2.05, 4.69) is 10.4 Å². The SMILES string of the molecule is Cc1nn(C)cc1NC(=O)c1cc(Oc2ccc(CCN)cc2)ccc1F.Cl. The zero-order chi connectivity index (χ0) is 19.4. The lowest BCUT2D eigenvalue weighted by molar-refractivity contribution is 0.102. The summed E-state index contributed by atoms with van der Waals surface area (Å²) in [7, 11) is 1.75. The number of hydrogen-bond donors (Lipinski definition) is 2. The van der Waals surface area contributed by atoms with Gasteiger partial charge in [-0.1, -0.05) is 12.1 Å². The molecule has 0 saturated heterocycles. The number of carbonyl (C=O) groups is 1. The number of rotatable bonds is 6. The second kappa shape index (κ2) is 9.34. The van der Waals surface area contributed by atoms with Crippen LogP contribution in [0.25, 0.3) is 0 Å². The van der Waals surface area contributed by atoms with Gasteiger partial charge in [0.1, 0.15) is 17.3 Å². The summed E-state index contributed by atoms with van der Waals surface area (Å²) >= 11 is 0. The lowest BCUT2D eigenvalue weighted by Crippen LogP contribution is -2.14. The van der Waals surface area contributed by atoms with E-state index in [-0.39, 0.29) is 18.0 Å². The van der Waals surface area contributed by atoms with E-state index in [0.29, 0.717) is 29.4 Å². The molecule has 3 N–H and O–H groups in total. The van der Waals surface area contributed by atoms with Crippen molar-refractivity contribution < 1.29 is 13.9 Å². The summed E-state index contributed by atoms with van der Waals surface area (Å²) in [4.78, 5) is 12.5. The van der Waals surface area contributed by atoms with Gasteiger partial charge >= 0.3 is 0 Å². The number of aryl methyl sites for hydroxylation is 2. The molecule has 28 heavy (non-hydrogen) atoms. The monoisotopic (exact) mass is 404 g/mol. The van der Waals surface area contributed by atoms with E-state index in [1.165, 1.54) is 18.2 Å². The van der Waals surface area contributed by atoms with Gasteiger partial charge in [0.2, 0.25) is 0 Å². The molecule has 6 nitrogen and oxygen atoms in total. The predicted octanol–water partition coefficient (Wildman–Crippen LogP) is 3.84.